The van der Waals surface area contributed by atoms with Crippen LogP contribution in [0.5, 0.6) is 0 Å². The van der Waals surface area contributed by atoms with E-state index in [4.69, 9.17) is 0 Å². The SMILES string of the molecule is CCc1nc(C(C)NC(=O)NC2CCCc3cn[nH]c32)n[nH]1. The number of amides is 2. The Balaban J connectivity index is 1.59. The molecule has 0 bridgehead atoms. The molecule has 0 aromatic carbocycles. The summed E-state index contributed by atoms with van der Waals surface area (Å²) >= 11 is 0. The first-order chi connectivity index (χ1) is 10.7. The lowest BCUT2D eigenvalue weighted by Gasteiger charge is -2.23. The maximum absolute atomic E-state index is 12.2. The molecule has 0 radical (unpaired) electrons. The minimum absolute atomic E-state index is 0.0169. The molecule has 2 unspecified atom stereocenters. The number of urea groups is 1. The van der Waals surface area contributed by atoms with E-state index < -0.39 is 0 Å². The predicted molar refractivity (Wildman–Crippen MR) is 80.1 cm³/mol. The van der Waals surface area contributed by atoms with Gasteiger partial charge in [0.25, 0.3) is 0 Å². The summed E-state index contributed by atoms with van der Waals surface area (Å²) in [5.74, 6) is 1.41. The van der Waals surface area contributed by atoms with Crippen LogP contribution in [0.4, 0.5) is 4.79 Å². The van der Waals surface area contributed by atoms with Crippen molar-refractivity contribution in [2.75, 3.05) is 0 Å². The summed E-state index contributed by atoms with van der Waals surface area (Å²) in [7, 11) is 0. The summed E-state index contributed by atoms with van der Waals surface area (Å²) in [6, 6.07) is -0.485. The number of aromatic nitrogens is 5. The van der Waals surface area contributed by atoms with Gasteiger partial charge in [-0.3, -0.25) is 10.2 Å². The molecule has 2 aromatic rings. The molecule has 0 fully saturated rings. The van der Waals surface area contributed by atoms with E-state index in [-0.39, 0.29) is 18.1 Å². The highest BCUT2D eigenvalue weighted by Crippen LogP contribution is 2.27. The van der Waals surface area contributed by atoms with Gasteiger partial charge in [0, 0.05) is 6.42 Å². The van der Waals surface area contributed by atoms with Gasteiger partial charge in [0.15, 0.2) is 5.82 Å². The first kappa shape index (κ1) is 14.6. The molecular formula is C14H21N7O. The number of fused-ring (bicyclic) bond motifs is 1. The van der Waals surface area contributed by atoms with Gasteiger partial charge in [0.2, 0.25) is 0 Å². The van der Waals surface area contributed by atoms with Gasteiger partial charge in [0.1, 0.15) is 5.82 Å². The minimum Gasteiger partial charge on any atom is -0.330 e. The van der Waals surface area contributed by atoms with E-state index in [1.54, 1.807) is 0 Å². The standard InChI is InChI=1S/C14H21N7O/c1-3-11-18-13(21-19-11)8(2)16-14(22)17-10-6-4-5-9-7-15-20-12(9)10/h7-8,10H,3-6H2,1-2H3,(H,15,20)(H2,16,17,22)(H,18,19,21). The number of aryl methyl sites for hydroxylation is 2. The van der Waals surface area contributed by atoms with Crippen molar-refractivity contribution in [2.45, 2.75) is 51.6 Å². The number of carbonyl (C=O) groups is 1. The van der Waals surface area contributed by atoms with Crippen LogP contribution in [-0.2, 0) is 12.8 Å². The Labute approximate surface area is 128 Å². The van der Waals surface area contributed by atoms with E-state index >= 15 is 0 Å². The number of rotatable bonds is 4. The zero-order valence-electron chi connectivity index (χ0n) is 12.8. The van der Waals surface area contributed by atoms with Crippen molar-refractivity contribution in [3.8, 4) is 0 Å². The Morgan fingerprint density at radius 1 is 1.50 bits per heavy atom. The molecule has 2 heterocycles. The van der Waals surface area contributed by atoms with Gasteiger partial charge in [-0.05, 0) is 31.7 Å². The first-order valence-electron chi connectivity index (χ1n) is 7.67. The van der Waals surface area contributed by atoms with E-state index in [9.17, 15) is 4.79 Å². The molecule has 4 N–H and O–H groups in total. The van der Waals surface area contributed by atoms with Crippen molar-refractivity contribution in [3.63, 3.8) is 0 Å². The molecular weight excluding hydrogens is 282 g/mol. The first-order valence-corrected chi connectivity index (χ1v) is 7.67. The molecule has 2 atom stereocenters. The molecule has 2 aromatic heterocycles. The zero-order valence-corrected chi connectivity index (χ0v) is 12.8. The number of carbonyl (C=O) groups excluding carboxylic acids is 1. The fraction of sp³-hybridized carbons (Fsp3) is 0.571. The molecule has 0 saturated heterocycles. The molecule has 2 amide bonds. The predicted octanol–water partition coefficient (Wildman–Crippen LogP) is 1.53. The molecule has 8 heteroatoms. The largest absolute Gasteiger partial charge is 0.330 e. The quantitative estimate of drug-likeness (QED) is 0.686. The van der Waals surface area contributed by atoms with Crippen LogP contribution in [0.3, 0.4) is 0 Å². The number of H-pyrrole nitrogens is 2. The van der Waals surface area contributed by atoms with Gasteiger partial charge in [-0.2, -0.15) is 10.2 Å². The summed E-state index contributed by atoms with van der Waals surface area (Å²) in [5, 5.41) is 19.9. The zero-order chi connectivity index (χ0) is 15.5. The topological polar surface area (TPSA) is 111 Å². The van der Waals surface area contributed by atoms with E-state index in [1.807, 2.05) is 20.0 Å². The molecule has 1 aliphatic carbocycles. The number of hydrogen-bond donors (Lipinski definition) is 4. The highest BCUT2D eigenvalue weighted by molar-refractivity contribution is 5.74. The molecule has 8 nitrogen and oxygen atoms in total. The molecule has 118 valence electrons. The highest BCUT2D eigenvalue weighted by atomic mass is 16.2. The average Bonchev–Trinajstić information content (AvgIpc) is 3.16. The summed E-state index contributed by atoms with van der Waals surface area (Å²) < 4.78 is 0. The third-order valence-electron chi connectivity index (χ3n) is 3.96. The van der Waals surface area contributed by atoms with E-state index in [0.717, 1.165) is 37.2 Å². The molecule has 0 spiro atoms. The van der Waals surface area contributed by atoms with Crippen molar-refractivity contribution in [3.05, 3.63) is 29.1 Å². The lowest BCUT2D eigenvalue weighted by atomic mass is 9.94. The van der Waals surface area contributed by atoms with Gasteiger partial charge in [-0.1, -0.05) is 6.92 Å². The minimum atomic E-state index is -0.249. The van der Waals surface area contributed by atoms with E-state index in [2.05, 4.69) is 36.0 Å². The van der Waals surface area contributed by atoms with Crippen molar-refractivity contribution >= 4 is 6.03 Å². The normalized spacial score (nSPS) is 18.5. The van der Waals surface area contributed by atoms with Crippen LogP contribution in [0.1, 0.15) is 61.7 Å². The molecule has 0 aliphatic heterocycles. The summed E-state index contributed by atoms with van der Waals surface area (Å²) in [4.78, 5) is 16.5. The van der Waals surface area contributed by atoms with Crippen molar-refractivity contribution in [2.24, 2.45) is 0 Å². The summed E-state index contributed by atoms with van der Waals surface area (Å²) in [5.41, 5.74) is 2.20. The Bertz CT molecular complexity index is 647. The van der Waals surface area contributed by atoms with Gasteiger partial charge < -0.3 is 10.6 Å². The fourth-order valence-corrected chi connectivity index (χ4v) is 2.73. The lowest BCUT2D eigenvalue weighted by molar-refractivity contribution is 0.231. The van der Waals surface area contributed by atoms with Gasteiger partial charge in [0.05, 0.1) is 24.0 Å². The maximum Gasteiger partial charge on any atom is 0.315 e. The van der Waals surface area contributed by atoms with Crippen LogP contribution in [0, 0.1) is 0 Å². The summed E-state index contributed by atoms with van der Waals surface area (Å²) in [6.07, 6.45) is 5.60. The monoisotopic (exact) mass is 303 g/mol. The van der Waals surface area contributed by atoms with Gasteiger partial charge in [-0.25, -0.2) is 9.78 Å². The van der Waals surface area contributed by atoms with E-state index in [0.29, 0.717) is 5.82 Å². The smallest absolute Gasteiger partial charge is 0.315 e. The average molecular weight is 303 g/mol. The second kappa shape index (κ2) is 6.17. The second-order valence-corrected chi connectivity index (χ2v) is 5.59. The van der Waals surface area contributed by atoms with Gasteiger partial charge >= 0.3 is 6.03 Å². The van der Waals surface area contributed by atoms with Crippen LogP contribution in [0.2, 0.25) is 0 Å². The second-order valence-electron chi connectivity index (χ2n) is 5.59. The Morgan fingerprint density at radius 3 is 3.14 bits per heavy atom. The number of hydrogen-bond acceptors (Lipinski definition) is 4. The van der Waals surface area contributed by atoms with Crippen LogP contribution in [0.25, 0.3) is 0 Å². The van der Waals surface area contributed by atoms with Crippen LogP contribution >= 0.6 is 0 Å². The molecule has 3 rings (SSSR count). The highest BCUT2D eigenvalue weighted by Gasteiger charge is 2.24. The summed E-state index contributed by atoms with van der Waals surface area (Å²) in [6.45, 7) is 3.87. The van der Waals surface area contributed by atoms with Crippen LogP contribution in [-0.4, -0.2) is 31.4 Å². The number of nitrogens with zero attached hydrogens (tertiary/aromatic N) is 3. The molecule has 1 aliphatic rings. The Kier molecular flexibility index (Phi) is 4.08. The third kappa shape index (κ3) is 2.95. The van der Waals surface area contributed by atoms with Crippen molar-refractivity contribution < 1.29 is 4.79 Å². The number of nitrogens with one attached hydrogen (secondary N) is 4. The number of aromatic amines is 2. The molecule has 0 saturated carbocycles. The Morgan fingerprint density at radius 2 is 2.36 bits per heavy atom. The lowest BCUT2D eigenvalue weighted by Crippen LogP contribution is -2.40. The van der Waals surface area contributed by atoms with Gasteiger partial charge in [-0.15, -0.1) is 0 Å². The maximum atomic E-state index is 12.2. The Hall–Kier alpha value is -2.38. The van der Waals surface area contributed by atoms with Crippen molar-refractivity contribution in [1.29, 1.82) is 0 Å². The van der Waals surface area contributed by atoms with Crippen molar-refractivity contribution in [1.82, 2.24) is 36.0 Å². The van der Waals surface area contributed by atoms with Crippen LogP contribution in [0.15, 0.2) is 6.20 Å². The fourth-order valence-electron chi connectivity index (χ4n) is 2.73. The molecule has 22 heavy (non-hydrogen) atoms. The third-order valence-corrected chi connectivity index (χ3v) is 3.96. The van der Waals surface area contributed by atoms with E-state index in [1.165, 1.54) is 5.56 Å². The van der Waals surface area contributed by atoms with Crippen LogP contribution < -0.4 is 10.6 Å².